The van der Waals surface area contributed by atoms with Crippen LogP contribution in [0.25, 0.3) is 11.3 Å². The van der Waals surface area contributed by atoms with Gasteiger partial charge in [0.2, 0.25) is 0 Å². The lowest BCUT2D eigenvalue weighted by Gasteiger charge is -2.08. The molecule has 1 amide bonds. The molecule has 0 radical (unpaired) electrons. The molecule has 7 heteroatoms. The molecule has 4 nitrogen and oxygen atoms in total. The summed E-state index contributed by atoms with van der Waals surface area (Å²) in [7, 11) is -1.07. The highest BCUT2D eigenvalue weighted by Crippen LogP contribution is 2.32. The monoisotopic (exact) mass is 418 g/mol. The molecule has 0 fully saturated rings. The zero-order valence-corrected chi connectivity index (χ0v) is 17.5. The van der Waals surface area contributed by atoms with Crippen molar-refractivity contribution in [2.75, 3.05) is 11.6 Å². The molecule has 0 aliphatic rings. The van der Waals surface area contributed by atoms with Crippen molar-refractivity contribution in [1.29, 1.82) is 0 Å². The fourth-order valence-electron chi connectivity index (χ4n) is 2.48. The third kappa shape index (κ3) is 4.64. The molecule has 1 aromatic heterocycles. The molecular weight excluding hydrogens is 400 g/mol. The lowest BCUT2D eigenvalue weighted by molar-refractivity contribution is 0.102. The first-order valence-corrected chi connectivity index (χ1v) is 11.2. The van der Waals surface area contributed by atoms with Crippen LogP contribution >= 0.6 is 22.9 Å². The fourth-order valence-corrected chi connectivity index (χ4v) is 4.11. The van der Waals surface area contributed by atoms with Gasteiger partial charge in [-0.1, -0.05) is 25.4 Å². The number of hydrogen-bond donors (Lipinski definition) is 1. The van der Waals surface area contributed by atoms with Crippen molar-refractivity contribution in [2.24, 2.45) is 0 Å². The first kappa shape index (κ1) is 19.7. The number of nitrogens with zero attached hydrogens (tertiary/aromatic N) is 1. The Balaban J connectivity index is 1.76. The summed E-state index contributed by atoms with van der Waals surface area (Å²) in [5.41, 5.74) is 2.78. The van der Waals surface area contributed by atoms with Gasteiger partial charge in [0.25, 0.3) is 5.91 Å². The van der Waals surface area contributed by atoms with E-state index in [4.69, 9.17) is 11.6 Å². The van der Waals surface area contributed by atoms with E-state index in [1.807, 2.05) is 17.5 Å². The molecule has 0 saturated heterocycles. The summed E-state index contributed by atoms with van der Waals surface area (Å²) in [6, 6.07) is 12.1. The largest absolute Gasteiger partial charge is 0.322 e. The third-order valence-electron chi connectivity index (χ3n) is 3.97. The van der Waals surface area contributed by atoms with E-state index in [0.717, 1.165) is 16.3 Å². The summed E-state index contributed by atoms with van der Waals surface area (Å²) in [5.74, 6) is 0.126. The van der Waals surface area contributed by atoms with E-state index < -0.39 is 10.8 Å². The van der Waals surface area contributed by atoms with Crippen LogP contribution in [0.3, 0.4) is 0 Å². The standard InChI is InChI=1S/C20H19ClN2O2S2/c1-12(2)20-23-18(11-26-20)16-9-6-14(10-17(16)21)22-19(24)13-4-7-15(8-5-13)27(3)25/h4-12H,1-3H3,(H,22,24). The van der Waals surface area contributed by atoms with Gasteiger partial charge in [-0.05, 0) is 42.5 Å². The topological polar surface area (TPSA) is 59.1 Å². The Kier molecular flexibility index (Phi) is 6.09. The van der Waals surface area contributed by atoms with Gasteiger partial charge in [0.05, 0.1) is 15.7 Å². The minimum atomic E-state index is -1.07. The molecule has 0 spiro atoms. The number of thiazole rings is 1. The second-order valence-corrected chi connectivity index (χ2v) is 9.03. The highest BCUT2D eigenvalue weighted by molar-refractivity contribution is 7.84. The number of carbonyl (C=O) groups excluding carboxylic acids is 1. The zero-order chi connectivity index (χ0) is 19.6. The minimum Gasteiger partial charge on any atom is -0.322 e. The van der Waals surface area contributed by atoms with E-state index in [2.05, 4.69) is 24.1 Å². The van der Waals surface area contributed by atoms with Gasteiger partial charge in [-0.15, -0.1) is 11.3 Å². The lowest BCUT2D eigenvalue weighted by Crippen LogP contribution is -2.11. The zero-order valence-electron chi connectivity index (χ0n) is 15.2. The summed E-state index contributed by atoms with van der Waals surface area (Å²) in [6.45, 7) is 4.21. The number of nitrogens with one attached hydrogen (secondary N) is 1. The molecule has 1 unspecified atom stereocenters. The number of amides is 1. The third-order valence-corrected chi connectivity index (χ3v) is 6.36. The lowest BCUT2D eigenvalue weighted by atomic mass is 10.1. The number of carbonyl (C=O) groups is 1. The predicted octanol–water partition coefficient (Wildman–Crippen LogP) is 5.58. The van der Waals surface area contributed by atoms with E-state index in [0.29, 0.717) is 27.1 Å². The van der Waals surface area contributed by atoms with Crippen LogP contribution < -0.4 is 5.32 Å². The molecule has 27 heavy (non-hydrogen) atoms. The second kappa shape index (κ2) is 8.33. The maximum Gasteiger partial charge on any atom is 0.255 e. The number of benzene rings is 2. The van der Waals surface area contributed by atoms with E-state index in [1.54, 1.807) is 47.9 Å². The predicted molar refractivity (Wildman–Crippen MR) is 113 cm³/mol. The normalized spacial score (nSPS) is 12.2. The van der Waals surface area contributed by atoms with Crippen molar-refractivity contribution in [3.05, 3.63) is 63.4 Å². The van der Waals surface area contributed by atoms with Crippen molar-refractivity contribution in [3.63, 3.8) is 0 Å². The number of hydrogen-bond acceptors (Lipinski definition) is 4. The number of anilines is 1. The van der Waals surface area contributed by atoms with Crippen LogP contribution in [-0.4, -0.2) is 21.4 Å². The molecule has 1 atom stereocenters. The van der Waals surface area contributed by atoms with Gasteiger partial charge in [0, 0.05) is 50.1 Å². The van der Waals surface area contributed by atoms with E-state index in [9.17, 15) is 9.00 Å². The Bertz CT molecular complexity index is 997. The van der Waals surface area contributed by atoms with Crippen LogP contribution in [0.5, 0.6) is 0 Å². The van der Waals surface area contributed by atoms with Gasteiger partial charge in [0.1, 0.15) is 0 Å². The van der Waals surface area contributed by atoms with Crippen LogP contribution in [0.2, 0.25) is 5.02 Å². The Labute approximate surface area is 170 Å². The average Bonchev–Trinajstić information content (AvgIpc) is 3.12. The van der Waals surface area contributed by atoms with Gasteiger partial charge < -0.3 is 5.32 Å². The highest BCUT2D eigenvalue weighted by Gasteiger charge is 2.12. The van der Waals surface area contributed by atoms with Gasteiger partial charge in [-0.25, -0.2) is 4.98 Å². The van der Waals surface area contributed by atoms with Crippen LogP contribution in [0.4, 0.5) is 5.69 Å². The van der Waals surface area contributed by atoms with Gasteiger partial charge >= 0.3 is 0 Å². The smallest absolute Gasteiger partial charge is 0.255 e. The Morgan fingerprint density at radius 3 is 2.44 bits per heavy atom. The summed E-state index contributed by atoms with van der Waals surface area (Å²) in [4.78, 5) is 17.7. The van der Waals surface area contributed by atoms with Crippen LogP contribution in [0, 0.1) is 0 Å². The number of rotatable bonds is 5. The maximum absolute atomic E-state index is 12.4. The van der Waals surface area contributed by atoms with Crippen molar-refractivity contribution < 1.29 is 9.00 Å². The van der Waals surface area contributed by atoms with Gasteiger partial charge in [-0.2, -0.15) is 0 Å². The Hall–Kier alpha value is -2.02. The molecule has 1 heterocycles. The molecule has 0 aliphatic carbocycles. The Morgan fingerprint density at radius 2 is 1.89 bits per heavy atom. The average molecular weight is 419 g/mol. The molecule has 0 saturated carbocycles. The minimum absolute atomic E-state index is 0.247. The summed E-state index contributed by atoms with van der Waals surface area (Å²) < 4.78 is 11.4. The molecule has 0 bridgehead atoms. The molecule has 1 N–H and O–H groups in total. The maximum atomic E-state index is 12.4. The first-order valence-electron chi connectivity index (χ1n) is 8.35. The molecule has 3 rings (SSSR count). The molecule has 2 aromatic carbocycles. The van der Waals surface area contributed by atoms with E-state index in [-0.39, 0.29) is 5.91 Å². The first-order chi connectivity index (χ1) is 12.8. The molecule has 140 valence electrons. The van der Waals surface area contributed by atoms with Gasteiger partial charge in [0.15, 0.2) is 0 Å². The molecule has 0 aliphatic heterocycles. The van der Waals surface area contributed by atoms with E-state index >= 15 is 0 Å². The van der Waals surface area contributed by atoms with Crippen LogP contribution in [0.15, 0.2) is 52.7 Å². The van der Waals surface area contributed by atoms with Crippen molar-refractivity contribution in [3.8, 4) is 11.3 Å². The fraction of sp³-hybridized carbons (Fsp3) is 0.200. The second-order valence-electron chi connectivity index (χ2n) is 6.35. The number of aromatic nitrogens is 1. The molecular formula is C20H19ClN2O2S2. The van der Waals surface area contributed by atoms with Crippen molar-refractivity contribution in [1.82, 2.24) is 4.98 Å². The summed E-state index contributed by atoms with van der Waals surface area (Å²) in [6.07, 6.45) is 1.60. The van der Waals surface area contributed by atoms with Crippen LogP contribution in [-0.2, 0) is 10.8 Å². The highest BCUT2D eigenvalue weighted by atomic mass is 35.5. The van der Waals surface area contributed by atoms with Crippen molar-refractivity contribution >= 4 is 45.3 Å². The SMILES string of the molecule is CC(C)c1nc(-c2ccc(NC(=O)c3ccc(S(C)=O)cc3)cc2Cl)cs1. The van der Waals surface area contributed by atoms with Crippen LogP contribution in [0.1, 0.15) is 35.1 Å². The van der Waals surface area contributed by atoms with E-state index in [1.165, 1.54) is 0 Å². The summed E-state index contributed by atoms with van der Waals surface area (Å²) >= 11 is 8.03. The number of halogens is 1. The van der Waals surface area contributed by atoms with Gasteiger partial charge in [-0.3, -0.25) is 9.00 Å². The summed E-state index contributed by atoms with van der Waals surface area (Å²) in [5, 5.41) is 6.42. The quantitative estimate of drug-likeness (QED) is 0.588. The van der Waals surface area contributed by atoms with Crippen molar-refractivity contribution in [2.45, 2.75) is 24.7 Å². The Morgan fingerprint density at radius 1 is 1.19 bits per heavy atom. The molecule has 3 aromatic rings.